The molecule has 0 N–H and O–H groups in total. The Balaban J connectivity index is 1.17. The van der Waals surface area contributed by atoms with Crippen LogP contribution in [-0.4, -0.2) is 95.3 Å². The van der Waals surface area contributed by atoms with Gasteiger partial charge in [0, 0.05) is 63.7 Å². The molecule has 2 aliphatic heterocycles. The van der Waals surface area contributed by atoms with E-state index in [1.165, 1.54) is 11.1 Å². The van der Waals surface area contributed by atoms with Gasteiger partial charge in [-0.2, -0.15) is 0 Å². The first kappa shape index (κ1) is 35.3. The van der Waals surface area contributed by atoms with Gasteiger partial charge in [-0.25, -0.2) is 19.6 Å². The molecule has 2 atom stereocenters. The average Bonchev–Trinajstić information content (AvgIpc) is 3.77. The zero-order valence-corrected chi connectivity index (χ0v) is 29.5. The molecule has 0 bridgehead atoms. The van der Waals surface area contributed by atoms with Crippen molar-refractivity contribution in [1.82, 2.24) is 19.8 Å². The van der Waals surface area contributed by atoms with Gasteiger partial charge in [-0.05, 0) is 89.0 Å². The van der Waals surface area contributed by atoms with E-state index in [4.69, 9.17) is 9.47 Å². The molecule has 0 radical (unpaired) electrons. The van der Waals surface area contributed by atoms with Gasteiger partial charge < -0.3 is 19.3 Å². The van der Waals surface area contributed by atoms with E-state index >= 15 is 0 Å². The maximum Gasteiger partial charge on any atom is 0.342 e. The fraction of sp³-hybridized carbons (Fsp3) is 0.526. The molecule has 3 aromatic rings. The number of carbonyl (C=O) groups excluding carboxylic acids is 2. The van der Waals surface area contributed by atoms with Gasteiger partial charge in [-0.3, -0.25) is 9.80 Å². The maximum absolute atomic E-state index is 12.7. The zero-order chi connectivity index (χ0) is 34.2. The minimum absolute atomic E-state index is 0.175. The minimum atomic E-state index is -0.318. The zero-order valence-electron chi connectivity index (χ0n) is 29.5. The molecule has 0 amide bonds. The van der Waals surface area contributed by atoms with Crippen LogP contribution in [0.1, 0.15) is 86.2 Å². The fourth-order valence-electron chi connectivity index (χ4n) is 6.85. The van der Waals surface area contributed by atoms with Crippen LogP contribution in [0.5, 0.6) is 0 Å². The third kappa shape index (κ3) is 8.71. The summed E-state index contributed by atoms with van der Waals surface area (Å²) in [6, 6.07) is 17.0. The van der Waals surface area contributed by atoms with Crippen molar-refractivity contribution < 1.29 is 19.1 Å². The molecule has 2 aliphatic rings. The molecule has 5 rings (SSSR count). The normalized spacial score (nSPS) is 18.0. The van der Waals surface area contributed by atoms with Crippen LogP contribution in [0.2, 0.25) is 0 Å². The lowest BCUT2D eigenvalue weighted by Gasteiger charge is -2.29. The molecule has 10 nitrogen and oxygen atoms in total. The molecular formula is C38H52N6O4. The maximum atomic E-state index is 12.7. The molecule has 0 saturated carbocycles. The number of pyridine rings is 2. The monoisotopic (exact) mass is 656 g/mol. The first-order valence-electron chi connectivity index (χ1n) is 17.5. The van der Waals surface area contributed by atoms with Crippen molar-refractivity contribution in [2.24, 2.45) is 0 Å². The second-order valence-electron chi connectivity index (χ2n) is 13.4. The van der Waals surface area contributed by atoms with Gasteiger partial charge in [0.05, 0.1) is 12.2 Å². The predicted octanol–water partition coefficient (Wildman–Crippen LogP) is 5.81. The lowest BCUT2D eigenvalue weighted by molar-refractivity contribution is 0.0367. The molecule has 10 heteroatoms. The summed E-state index contributed by atoms with van der Waals surface area (Å²) in [5.41, 5.74) is 3.66. The van der Waals surface area contributed by atoms with Crippen LogP contribution >= 0.6 is 0 Å². The molecule has 2 unspecified atom stereocenters. The lowest BCUT2D eigenvalue weighted by atomic mass is 10.1. The lowest BCUT2D eigenvalue weighted by Crippen LogP contribution is -2.37. The fourth-order valence-corrected chi connectivity index (χ4v) is 6.85. The van der Waals surface area contributed by atoms with Crippen molar-refractivity contribution in [1.29, 1.82) is 0 Å². The average molecular weight is 657 g/mol. The Morgan fingerprint density at radius 3 is 1.46 bits per heavy atom. The van der Waals surface area contributed by atoms with E-state index in [1.807, 2.05) is 39.8 Å². The number of ether oxygens (including phenoxy) is 2. The highest BCUT2D eigenvalue weighted by molar-refractivity contribution is 5.95. The molecule has 258 valence electrons. The molecule has 0 spiro atoms. The highest BCUT2D eigenvalue weighted by Gasteiger charge is 2.32. The number of carbonyl (C=O) groups is 2. The highest BCUT2D eigenvalue weighted by Crippen LogP contribution is 2.28. The van der Waals surface area contributed by atoms with E-state index in [2.05, 4.69) is 67.7 Å². The Labute approximate surface area is 286 Å². The van der Waals surface area contributed by atoms with E-state index in [0.717, 1.165) is 65.2 Å². The number of anilines is 2. The molecule has 1 aromatic carbocycles. The van der Waals surface area contributed by atoms with E-state index < -0.39 is 0 Å². The molecule has 4 heterocycles. The van der Waals surface area contributed by atoms with Crippen molar-refractivity contribution in [2.75, 3.05) is 49.1 Å². The predicted molar refractivity (Wildman–Crippen MR) is 189 cm³/mol. The standard InChI is InChI=1S/C38H52N6O4/c1-7-41(31-17-21-43(25-31)35-33(11-9-19-39-35)37(45)47-27(3)4)23-29-13-15-30(16-14-29)24-42(8-2)32-18-22-44(26-32)36-34(12-10-20-40-36)38(46)48-28(5)6/h9-16,19-20,27-28,31-32H,7-8,17-18,21-26H2,1-6H3. The van der Waals surface area contributed by atoms with E-state index in [-0.39, 0.29) is 24.1 Å². The number of esters is 2. The number of rotatable bonds is 14. The summed E-state index contributed by atoms with van der Waals surface area (Å²) in [4.78, 5) is 44.2. The van der Waals surface area contributed by atoms with Crippen LogP contribution in [0.3, 0.4) is 0 Å². The van der Waals surface area contributed by atoms with Crippen molar-refractivity contribution in [2.45, 2.75) is 91.8 Å². The Bertz CT molecular complexity index is 1400. The second-order valence-corrected chi connectivity index (χ2v) is 13.4. The summed E-state index contributed by atoms with van der Waals surface area (Å²) in [5, 5.41) is 0. The van der Waals surface area contributed by atoms with Crippen molar-refractivity contribution in [3.8, 4) is 0 Å². The number of hydrogen-bond acceptors (Lipinski definition) is 10. The third-order valence-electron chi connectivity index (χ3n) is 9.26. The number of benzene rings is 1. The van der Waals surface area contributed by atoms with Crippen molar-refractivity contribution in [3.05, 3.63) is 83.2 Å². The summed E-state index contributed by atoms with van der Waals surface area (Å²) in [7, 11) is 0. The topological polar surface area (TPSA) is 91.3 Å². The Kier molecular flexibility index (Phi) is 12.1. The van der Waals surface area contributed by atoms with E-state index in [1.54, 1.807) is 24.5 Å². The van der Waals surface area contributed by atoms with Gasteiger partial charge in [0.25, 0.3) is 0 Å². The van der Waals surface area contributed by atoms with E-state index in [0.29, 0.717) is 34.8 Å². The molecular weight excluding hydrogens is 604 g/mol. The summed E-state index contributed by atoms with van der Waals surface area (Å²) >= 11 is 0. The minimum Gasteiger partial charge on any atom is -0.459 e. The Morgan fingerprint density at radius 2 is 1.10 bits per heavy atom. The quantitative estimate of drug-likeness (QED) is 0.198. The number of hydrogen-bond donors (Lipinski definition) is 0. The first-order chi connectivity index (χ1) is 23.2. The van der Waals surface area contributed by atoms with Gasteiger partial charge in [-0.15, -0.1) is 0 Å². The third-order valence-corrected chi connectivity index (χ3v) is 9.26. The van der Waals surface area contributed by atoms with Gasteiger partial charge in [0.1, 0.15) is 22.8 Å². The molecule has 2 fully saturated rings. The van der Waals surface area contributed by atoms with Crippen LogP contribution < -0.4 is 9.80 Å². The van der Waals surface area contributed by atoms with Crippen LogP contribution in [-0.2, 0) is 22.6 Å². The van der Waals surface area contributed by atoms with Crippen molar-refractivity contribution >= 4 is 23.6 Å². The van der Waals surface area contributed by atoms with Gasteiger partial charge in [0.2, 0.25) is 0 Å². The molecule has 2 aromatic heterocycles. The SMILES string of the molecule is CCN(Cc1ccc(CN(CC)C2CCN(c3ncccc3C(=O)OC(C)C)C2)cc1)C1CCN(c2ncccc2C(=O)OC(C)C)C1. The summed E-state index contributed by atoms with van der Waals surface area (Å²) in [6.45, 7) is 18.9. The van der Waals surface area contributed by atoms with E-state index in [9.17, 15) is 9.59 Å². The van der Waals surface area contributed by atoms with Crippen molar-refractivity contribution in [3.63, 3.8) is 0 Å². The van der Waals surface area contributed by atoms with Gasteiger partial charge in [-0.1, -0.05) is 38.1 Å². The molecule has 48 heavy (non-hydrogen) atoms. The largest absolute Gasteiger partial charge is 0.459 e. The summed E-state index contributed by atoms with van der Waals surface area (Å²) < 4.78 is 11.0. The number of nitrogens with zero attached hydrogens (tertiary/aromatic N) is 6. The first-order valence-corrected chi connectivity index (χ1v) is 17.5. The Morgan fingerprint density at radius 1 is 0.708 bits per heavy atom. The number of likely N-dealkylation sites (N-methyl/N-ethyl adjacent to an activating group) is 2. The van der Waals surface area contributed by atoms with Crippen LogP contribution in [0, 0.1) is 0 Å². The smallest absolute Gasteiger partial charge is 0.342 e. The van der Waals surface area contributed by atoms with Crippen LogP contribution in [0.15, 0.2) is 60.9 Å². The summed E-state index contributed by atoms with van der Waals surface area (Å²) in [6.07, 6.45) is 5.18. The van der Waals surface area contributed by atoms with Gasteiger partial charge >= 0.3 is 11.9 Å². The van der Waals surface area contributed by atoms with Crippen LogP contribution in [0.25, 0.3) is 0 Å². The molecule has 2 saturated heterocycles. The number of aromatic nitrogens is 2. The molecule has 0 aliphatic carbocycles. The summed E-state index contributed by atoms with van der Waals surface area (Å²) in [5.74, 6) is 0.792. The Hall–Kier alpha value is -4.02. The second kappa shape index (κ2) is 16.4. The van der Waals surface area contributed by atoms with Crippen LogP contribution in [0.4, 0.5) is 11.6 Å². The van der Waals surface area contributed by atoms with Gasteiger partial charge in [0.15, 0.2) is 0 Å². The highest BCUT2D eigenvalue weighted by atomic mass is 16.5.